The van der Waals surface area contributed by atoms with Crippen LogP contribution in [0, 0.1) is 0 Å². The number of nitrogens with one attached hydrogen (secondary N) is 1. The van der Waals surface area contributed by atoms with Gasteiger partial charge < -0.3 is 14.8 Å². The van der Waals surface area contributed by atoms with Gasteiger partial charge in [0.15, 0.2) is 0 Å². The van der Waals surface area contributed by atoms with Crippen LogP contribution in [-0.4, -0.2) is 61.3 Å². The summed E-state index contributed by atoms with van der Waals surface area (Å²) in [4.78, 5) is 29.5. The second-order valence-corrected chi connectivity index (χ2v) is 11.6. The van der Waals surface area contributed by atoms with Gasteiger partial charge >= 0.3 is 0 Å². The molecule has 40 heavy (non-hydrogen) atoms. The summed E-state index contributed by atoms with van der Waals surface area (Å²) in [6.45, 7) is 0.876. The lowest BCUT2D eigenvalue weighted by Gasteiger charge is -2.23. The third-order valence-electron chi connectivity index (χ3n) is 6.47. The van der Waals surface area contributed by atoms with Crippen LogP contribution < -0.4 is 15.0 Å². The third kappa shape index (κ3) is 6.05. The zero-order chi connectivity index (χ0) is 28.1. The number of benzene rings is 2. The van der Waals surface area contributed by atoms with Crippen molar-refractivity contribution in [3.05, 3.63) is 81.5 Å². The quantitative estimate of drug-likeness (QED) is 0.240. The Morgan fingerprint density at radius 2 is 1.90 bits per heavy atom. The highest BCUT2D eigenvalue weighted by molar-refractivity contribution is 8.00. The van der Waals surface area contributed by atoms with Crippen LogP contribution in [0.4, 0.5) is 5.82 Å². The molecule has 0 saturated heterocycles. The standard InChI is InChI=1S/C29H29ClN4O4S2/c1-37-15-4-14-31-24(35)17-33-25(36)18-40-28(23-5-3-16-39-23)26-27(19-6-8-20(30)9-7-19)32-34(29(26)33)21-10-12-22(38-2)13-11-21/h3,5-13,16,28H,4,14-15,17-18H2,1-2H3,(H,31,35)/t28-/m0/s1. The molecule has 1 aliphatic rings. The van der Waals surface area contributed by atoms with Gasteiger partial charge in [0.2, 0.25) is 11.8 Å². The van der Waals surface area contributed by atoms with Crippen molar-refractivity contribution in [2.75, 3.05) is 44.6 Å². The maximum atomic E-state index is 13.7. The fourth-order valence-corrected chi connectivity index (χ4v) is 6.85. The van der Waals surface area contributed by atoms with Crippen LogP contribution in [0.15, 0.2) is 66.0 Å². The van der Waals surface area contributed by atoms with Crippen LogP contribution in [0.5, 0.6) is 5.75 Å². The van der Waals surface area contributed by atoms with Gasteiger partial charge in [0.25, 0.3) is 0 Å². The number of carbonyl (C=O) groups is 2. The van der Waals surface area contributed by atoms with E-state index in [1.165, 1.54) is 0 Å². The zero-order valence-electron chi connectivity index (χ0n) is 22.1. The minimum Gasteiger partial charge on any atom is -0.497 e. The van der Waals surface area contributed by atoms with E-state index in [0.29, 0.717) is 36.2 Å². The minimum absolute atomic E-state index is 0.127. The molecule has 0 saturated carbocycles. The average molecular weight is 597 g/mol. The van der Waals surface area contributed by atoms with Crippen molar-refractivity contribution in [1.82, 2.24) is 15.1 Å². The van der Waals surface area contributed by atoms with E-state index in [1.807, 2.05) is 60.0 Å². The van der Waals surface area contributed by atoms with Crippen LogP contribution in [0.1, 0.15) is 22.1 Å². The van der Waals surface area contributed by atoms with Crippen molar-refractivity contribution in [2.45, 2.75) is 11.7 Å². The van der Waals surface area contributed by atoms with E-state index in [-0.39, 0.29) is 29.4 Å². The molecule has 0 fully saturated rings. The number of thioether (sulfide) groups is 1. The van der Waals surface area contributed by atoms with Crippen molar-refractivity contribution in [1.29, 1.82) is 0 Å². The van der Waals surface area contributed by atoms with Crippen molar-refractivity contribution >= 4 is 52.3 Å². The summed E-state index contributed by atoms with van der Waals surface area (Å²) in [6.07, 6.45) is 0.683. The largest absolute Gasteiger partial charge is 0.497 e. The molecule has 0 unspecified atom stereocenters. The summed E-state index contributed by atoms with van der Waals surface area (Å²) in [5, 5.41) is 10.5. The highest BCUT2D eigenvalue weighted by atomic mass is 35.5. The number of hydrogen-bond donors (Lipinski definition) is 1. The Bertz CT molecular complexity index is 1460. The number of hydrogen-bond acceptors (Lipinski definition) is 7. The number of methoxy groups -OCH3 is 2. The lowest BCUT2D eigenvalue weighted by Crippen LogP contribution is -2.42. The fraction of sp³-hybridized carbons (Fsp3) is 0.276. The van der Waals surface area contributed by atoms with E-state index in [9.17, 15) is 9.59 Å². The molecule has 208 valence electrons. The van der Waals surface area contributed by atoms with Gasteiger partial charge in [-0.05, 0) is 54.3 Å². The second kappa shape index (κ2) is 12.9. The highest BCUT2D eigenvalue weighted by Gasteiger charge is 2.38. The van der Waals surface area contributed by atoms with Gasteiger partial charge in [-0.2, -0.15) is 5.10 Å². The average Bonchev–Trinajstić information content (AvgIpc) is 3.61. The van der Waals surface area contributed by atoms with Gasteiger partial charge in [0.05, 0.1) is 29.5 Å². The first-order valence-corrected chi connectivity index (χ1v) is 15.0. The Hall–Kier alpha value is -3.31. The normalized spacial score (nSPS) is 15.0. The number of thiophene rings is 1. The number of anilines is 1. The number of carbonyl (C=O) groups excluding carboxylic acids is 2. The highest BCUT2D eigenvalue weighted by Crippen LogP contribution is 2.49. The van der Waals surface area contributed by atoms with Crippen molar-refractivity contribution < 1.29 is 19.1 Å². The molecule has 2 aromatic carbocycles. The van der Waals surface area contributed by atoms with Gasteiger partial charge in [-0.1, -0.05) is 29.8 Å². The molecule has 4 aromatic rings. The summed E-state index contributed by atoms with van der Waals surface area (Å²) in [6, 6.07) is 19.1. The van der Waals surface area contributed by atoms with Crippen LogP contribution in [0.3, 0.4) is 0 Å². The van der Waals surface area contributed by atoms with Crippen molar-refractivity contribution in [3.8, 4) is 22.7 Å². The summed E-state index contributed by atoms with van der Waals surface area (Å²) in [5.74, 6) is 1.10. The third-order valence-corrected chi connectivity index (χ3v) is 9.05. The summed E-state index contributed by atoms with van der Waals surface area (Å²) >= 11 is 9.40. The molecule has 5 rings (SSSR count). The Labute approximate surface area is 246 Å². The van der Waals surface area contributed by atoms with E-state index >= 15 is 0 Å². The van der Waals surface area contributed by atoms with Crippen LogP contribution >= 0.6 is 34.7 Å². The summed E-state index contributed by atoms with van der Waals surface area (Å²) < 4.78 is 12.2. The zero-order valence-corrected chi connectivity index (χ0v) is 24.5. The molecule has 1 atom stereocenters. The van der Waals surface area contributed by atoms with Crippen molar-refractivity contribution in [3.63, 3.8) is 0 Å². The molecule has 1 aliphatic heterocycles. The van der Waals surface area contributed by atoms with Crippen LogP contribution in [0.25, 0.3) is 16.9 Å². The number of halogens is 1. The van der Waals surface area contributed by atoms with Gasteiger partial charge in [-0.25, -0.2) is 4.68 Å². The Morgan fingerprint density at radius 1 is 1.12 bits per heavy atom. The number of nitrogens with zero attached hydrogens (tertiary/aromatic N) is 3. The van der Waals surface area contributed by atoms with Crippen LogP contribution in [-0.2, 0) is 14.3 Å². The summed E-state index contributed by atoms with van der Waals surface area (Å²) in [7, 11) is 3.24. The molecule has 3 heterocycles. The molecule has 0 bridgehead atoms. The van der Waals surface area contributed by atoms with E-state index in [2.05, 4.69) is 11.4 Å². The van der Waals surface area contributed by atoms with Crippen LogP contribution in [0.2, 0.25) is 5.02 Å². The number of amides is 2. The fourth-order valence-electron chi connectivity index (χ4n) is 4.55. The first-order chi connectivity index (χ1) is 19.5. The Balaban J connectivity index is 1.69. The molecule has 11 heteroatoms. The molecule has 0 radical (unpaired) electrons. The number of rotatable bonds is 10. The van der Waals surface area contributed by atoms with Gasteiger partial charge in [-0.3, -0.25) is 14.5 Å². The number of ether oxygens (including phenoxy) is 2. The van der Waals surface area contributed by atoms with E-state index in [4.69, 9.17) is 26.2 Å². The van der Waals surface area contributed by atoms with E-state index in [0.717, 1.165) is 27.4 Å². The predicted molar refractivity (Wildman–Crippen MR) is 161 cm³/mol. The molecule has 1 N–H and O–H groups in total. The second-order valence-electron chi connectivity index (χ2n) is 9.09. The smallest absolute Gasteiger partial charge is 0.240 e. The monoisotopic (exact) mass is 596 g/mol. The topological polar surface area (TPSA) is 85.7 Å². The summed E-state index contributed by atoms with van der Waals surface area (Å²) in [5.41, 5.74) is 3.22. The molecule has 2 amide bonds. The maximum Gasteiger partial charge on any atom is 0.240 e. The van der Waals surface area contributed by atoms with Gasteiger partial charge in [0, 0.05) is 41.3 Å². The van der Waals surface area contributed by atoms with E-state index in [1.54, 1.807) is 46.9 Å². The molecule has 0 aliphatic carbocycles. The molecular weight excluding hydrogens is 568 g/mol. The maximum absolute atomic E-state index is 13.7. The molecule has 0 spiro atoms. The molecule has 8 nitrogen and oxygen atoms in total. The number of fused-ring (bicyclic) bond motifs is 1. The van der Waals surface area contributed by atoms with Crippen molar-refractivity contribution in [2.24, 2.45) is 0 Å². The SMILES string of the molecule is COCCCNC(=O)CN1C(=O)CS[C@@H](c2cccs2)c2c(-c3ccc(Cl)cc3)nn(-c3ccc(OC)cc3)c21. The minimum atomic E-state index is -0.245. The predicted octanol–water partition coefficient (Wildman–Crippen LogP) is 5.58. The van der Waals surface area contributed by atoms with E-state index < -0.39 is 0 Å². The first-order valence-electron chi connectivity index (χ1n) is 12.7. The van der Waals surface area contributed by atoms with Gasteiger partial charge in [-0.15, -0.1) is 23.1 Å². The number of aromatic nitrogens is 2. The lowest BCUT2D eigenvalue weighted by molar-refractivity contribution is -0.122. The Morgan fingerprint density at radius 3 is 2.58 bits per heavy atom. The molecule has 2 aromatic heterocycles. The Kier molecular flexibility index (Phi) is 9.11. The lowest BCUT2D eigenvalue weighted by atomic mass is 10.0. The van der Waals surface area contributed by atoms with Gasteiger partial charge in [0.1, 0.15) is 18.1 Å². The molecular formula is C29H29ClN4O4S2. The first kappa shape index (κ1) is 28.2.